The van der Waals surface area contributed by atoms with Crippen LogP contribution in [0, 0.1) is 0 Å². The summed E-state index contributed by atoms with van der Waals surface area (Å²) in [4.78, 5) is 4.94. The van der Waals surface area contributed by atoms with Gasteiger partial charge in [0, 0.05) is 23.1 Å². The second-order valence-electron chi connectivity index (χ2n) is 7.74. The zero-order valence-corrected chi connectivity index (χ0v) is 17.2. The topological polar surface area (TPSA) is 40.0 Å². The van der Waals surface area contributed by atoms with E-state index >= 15 is 0 Å². The number of hydrogen-bond donors (Lipinski definition) is 0. The molecule has 0 radical (unpaired) electrons. The average molecular weight is 387 g/mol. The molecule has 1 heterocycles. The van der Waals surface area contributed by atoms with Gasteiger partial charge in [0.25, 0.3) is 0 Å². The Morgan fingerprint density at radius 2 is 1.48 bits per heavy atom. The highest BCUT2D eigenvalue weighted by atomic mass is 16.5. The predicted molar refractivity (Wildman–Crippen MR) is 116 cm³/mol. The molecular formula is C25H25NO3. The number of nitrogens with zero attached hydrogens (tertiary/aromatic N) is 1. The molecule has 1 aliphatic heterocycles. The highest BCUT2D eigenvalue weighted by molar-refractivity contribution is 6.15. The lowest BCUT2D eigenvalue weighted by molar-refractivity contribution is 0.353. The van der Waals surface area contributed by atoms with E-state index in [1.807, 2.05) is 54.6 Å². The number of methoxy groups -OCH3 is 2. The van der Waals surface area contributed by atoms with Crippen LogP contribution in [0.3, 0.4) is 0 Å². The minimum Gasteiger partial charge on any atom is -0.493 e. The number of fused-ring (bicyclic) bond motifs is 1. The van der Waals surface area contributed by atoms with E-state index in [1.54, 1.807) is 14.2 Å². The SMILES string of the molecule is COc1cc2c(cc1OC)C(C)(C)CN=C2c1cccc(Oc2ccccc2)c1. The molecule has 4 heteroatoms. The molecule has 29 heavy (non-hydrogen) atoms. The molecule has 0 atom stereocenters. The predicted octanol–water partition coefficient (Wildman–Crippen LogP) is 5.62. The van der Waals surface area contributed by atoms with E-state index in [9.17, 15) is 0 Å². The van der Waals surface area contributed by atoms with Crippen molar-refractivity contribution in [3.05, 3.63) is 83.4 Å². The largest absolute Gasteiger partial charge is 0.493 e. The van der Waals surface area contributed by atoms with Crippen LogP contribution in [0.25, 0.3) is 0 Å². The molecule has 0 aliphatic carbocycles. The van der Waals surface area contributed by atoms with Crippen LogP contribution in [-0.4, -0.2) is 26.5 Å². The van der Waals surface area contributed by atoms with E-state index in [1.165, 1.54) is 5.56 Å². The number of benzene rings is 3. The molecule has 0 fully saturated rings. The molecule has 3 aromatic rings. The highest BCUT2D eigenvalue weighted by Crippen LogP contribution is 2.40. The molecule has 0 saturated heterocycles. The van der Waals surface area contributed by atoms with Crippen molar-refractivity contribution in [1.29, 1.82) is 0 Å². The standard InChI is InChI=1S/C25H25NO3/c1-25(2)16-26-24(20-14-22(27-3)23(28-4)15-21(20)25)17-9-8-12-19(13-17)29-18-10-6-5-7-11-18/h5-15H,16H2,1-4H3. The maximum atomic E-state index is 6.02. The summed E-state index contributed by atoms with van der Waals surface area (Å²) < 4.78 is 17.1. The third-order valence-corrected chi connectivity index (χ3v) is 5.23. The fourth-order valence-corrected chi connectivity index (χ4v) is 3.66. The van der Waals surface area contributed by atoms with Crippen LogP contribution in [0.4, 0.5) is 0 Å². The van der Waals surface area contributed by atoms with Crippen molar-refractivity contribution < 1.29 is 14.2 Å². The van der Waals surface area contributed by atoms with Crippen LogP contribution in [-0.2, 0) is 5.41 Å². The zero-order chi connectivity index (χ0) is 20.4. The van der Waals surface area contributed by atoms with Gasteiger partial charge in [-0.05, 0) is 42.0 Å². The second-order valence-corrected chi connectivity index (χ2v) is 7.74. The van der Waals surface area contributed by atoms with Crippen LogP contribution in [0.15, 0.2) is 71.7 Å². The quantitative estimate of drug-likeness (QED) is 0.570. The monoisotopic (exact) mass is 387 g/mol. The van der Waals surface area contributed by atoms with E-state index in [0.29, 0.717) is 12.3 Å². The zero-order valence-electron chi connectivity index (χ0n) is 17.2. The molecule has 0 spiro atoms. The van der Waals surface area contributed by atoms with Gasteiger partial charge in [-0.1, -0.05) is 44.2 Å². The maximum Gasteiger partial charge on any atom is 0.161 e. The third kappa shape index (κ3) is 3.70. The Hall–Kier alpha value is -3.27. The normalized spacial score (nSPS) is 14.6. The Kier molecular flexibility index (Phi) is 5.01. The first-order chi connectivity index (χ1) is 14.0. The van der Waals surface area contributed by atoms with Crippen molar-refractivity contribution in [2.45, 2.75) is 19.3 Å². The minimum absolute atomic E-state index is 0.0868. The van der Waals surface area contributed by atoms with Crippen molar-refractivity contribution in [1.82, 2.24) is 0 Å². The third-order valence-electron chi connectivity index (χ3n) is 5.23. The number of ether oxygens (including phenoxy) is 3. The fraction of sp³-hybridized carbons (Fsp3) is 0.240. The molecule has 4 nitrogen and oxygen atoms in total. The summed E-state index contributed by atoms with van der Waals surface area (Å²) in [5.74, 6) is 3.03. The van der Waals surface area contributed by atoms with E-state index in [0.717, 1.165) is 34.1 Å². The molecule has 0 amide bonds. The lowest BCUT2D eigenvalue weighted by atomic mass is 9.77. The van der Waals surface area contributed by atoms with Crippen molar-refractivity contribution >= 4 is 5.71 Å². The van der Waals surface area contributed by atoms with E-state index in [4.69, 9.17) is 19.2 Å². The van der Waals surface area contributed by atoms with E-state index in [2.05, 4.69) is 26.0 Å². The summed E-state index contributed by atoms with van der Waals surface area (Å²) in [5, 5.41) is 0. The summed E-state index contributed by atoms with van der Waals surface area (Å²) in [6.45, 7) is 5.11. The second kappa shape index (κ2) is 7.63. The van der Waals surface area contributed by atoms with Crippen LogP contribution in [0.2, 0.25) is 0 Å². The van der Waals surface area contributed by atoms with Gasteiger partial charge in [-0.15, -0.1) is 0 Å². The summed E-state index contributed by atoms with van der Waals surface area (Å²) in [6, 6.07) is 21.9. The number of rotatable bonds is 5. The van der Waals surface area contributed by atoms with Gasteiger partial charge < -0.3 is 14.2 Å². The molecule has 4 rings (SSSR count). The lowest BCUT2D eigenvalue weighted by Crippen LogP contribution is -2.30. The van der Waals surface area contributed by atoms with Gasteiger partial charge in [0.1, 0.15) is 11.5 Å². The Morgan fingerprint density at radius 3 is 2.21 bits per heavy atom. The van der Waals surface area contributed by atoms with E-state index < -0.39 is 0 Å². The number of hydrogen-bond acceptors (Lipinski definition) is 4. The Morgan fingerprint density at radius 1 is 0.793 bits per heavy atom. The molecule has 1 aliphatic rings. The van der Waals surface area contributed by atoms with Gasteiger partial charge >= 0.3 is 0 Å². The smallest absolute Gasteiger partial charge is 0.161 e. The first-order valence-electron chi connectivity index (χ1n) is 9.66. The van der Waals surface area contributed by atoms with E-state index in [-0.39, 0.29) is 5.41 Å². The van der Waals surface area contributed by atoms with Crippen molar-refractivity contribution in [2.24, 2.45) is 4.99 Å². The molecule has 3 aromatic carbocycles. The summed E-state index contributed by atoms with van der Waals surface area (Å²) in [6.07, 6.45) is 0. The van der Waals surface area contributed by atoms with Crippen LogP contribution >= 0.6 is 0 Å². The van der Waals surface area contributed by atoms with Crippen LogP contribution in [0.5, 0.6) is 23.0 Å². The van der Waals surface area contributed by atoms with Crippen molar-refractivity contribution in [2.75, 3.05) is 20.8 Å². The van der Waals surface area contributed by atoms with Gasteiger partial charge in [-0.2, -0.15) is 0 Å². The average Bonchev–Trinajstić information content (AvgIpc) is 2.74. The Labute approximate surface area is 171 Å². The summed E-state index contributed by atoms with van der Waals surface area (Å²) >= 11 is 0. The number of aliphatic imine (C=N–C) groups is 1. The fourth-order valence-electron chi connectivity index (χ4n) is 3.66. The lowest BCUT2D eigenvalue weighted by Gasteiger charge is -2.32. The first-order valence-corrected chi connectivity index (χ1v) is 9.66. The molecule has 0 bridgehead atoms. The van der Waals surface area contributed by atoms with Gasteiger partial charge in [0.05, 0.1) is 19.9 Å². The molecule has 148 valence electrons. The first kappa shape index (κ1) is 19.1. The highest BCUT2D eigenvalue weighted by Gasteiger charge is 2.31. The van der Waals surface area contributed by atoms with Gasteiger partial charge in [-0.25, -0.2) is 0 Å². The van der Waals surface area contributed by atoms with Crippen LogP contribution < -0.4 is 14.2 Å². The molecular weight excluding hydrogens is 362 g/mol. The number of para-hydroxylation sites is 1. The maximum absolute atomic E-state index is 6.02. The summed E-state index contributed by atoms with van der Waals surface area (Å²) in [5.41, 5.74) is 4.14. The van der Waals surface area contributed by atoms with Crippen LogP contribution in [0.1, 0.15) is 30.5 Å². The molecule has 0 N–H and O–H groups in total. The van der Waals surface area contributed by atoms with Crippen molar-refractivity contribution in [3.63, 3.8) is 0 Å². The summed E-state index contributed by atoms with van der Waals surface area (Å²) in [7, 11) is 3.32. The minimum atomic E-state index is -0.0868. The Balaban J connectivity index is 1.77. The molecule has 0 unspecified atom stereocenters. The molecule has 0 saturated carbocycles. The Bertz CT molecular complexity index is 1050. The van der Waals surface area contributed by atoms with Gasteiger partial charge in [0.2, 0.25) is 0 Å². The van der Waals surface area contributed by atoms with Gasteiger partial charge in [-0.3, -0.25) is 4.99 Å². The van der Waals surface area contributed by atoms with Gasteiger partial charge in [0.15, 0.2) is 11.5 Å². The molecule has 0 aromatic heterocycles. The van der Waals surface area contributed by atoms with Crippen molar-refractivity contribution in [3.8, 4) is 23.0 Å².